The predicted octanol–water partition coefficient (Wildman–Crippen LogP) is 2.32. The predicted molar refractivity (Wildman–Crippen MR) is 55.0 cm³/mol. The van der Waals surface area contributed by atoms with Crippen LogP contribution in [0, 0.1) is 6.92 Å². The Balaban J connectivity index is 3.23. The SMILES string of the molecule is Cc1cccc(C(=O)[O-])c1OC(F)(Br)C(F)(F)F. The number of halogens is 5. The van der Waals surface area contributed by atoms with Crippen LogP contribution in [-0.4, -0.2) is 16.9 Å². The van der Waals surface area contributed by atoms with Gasteiger partial charge in [-0.05, 0) is 18.6 Å². The molecule has 18 heavy (non-hydrogen) atoms. The molecule has 1 aromatic rings. The molecule has 1 unspecified atom stereocenters. The molecule has 0 aliphatic carbocycles. The summed E-state index contributed by atoms with van der Waals surface area (Å²) in [5.74, 6) is -2.51. The van der Waals surface area contributed by atoms with Gasteiger partial charge in [-0.25, -0.2) is 0 Å². The Labute approximate surface area is 107 Å². The van der Waals surface area contributed by atoms with Crippen LogP contribution >= 0.6 is 15.9 Å². The van der Waals surface area contributed by atoms with Crippen LogP contribution in [0.3, 0.4) is 0 Å². The van der Waals surface area contributed by atoms with E-state index in [0.29, 0.717) is 0 Å². The number of aryl methyl sites for hydroxylation is 1. The summed E-state index contributed by atoms with van der Waals surface area (Å²) in [6, 6.07) is 3.51. The summed E-state index contributed by atoms with van der Waals surface area (Å²) in [4.78, 5) is 10.7. The summed E-state index contributed by atoms with van der Waals surface area (Å²) in [5, 5.41) is 10.7. The molecule has 0 fully saturated rings. The lowest BCUT2D eigenvalue weighted by molar-refractivity contribution is -0.259. The summed E-state index contributed by atoms with van der Waals surface area (Å²) in [6.07, 6.45) is -5.36. The van der Waals surface area contributed by atoms with Gasteiger partial charge in [0.1, 0.15) is 5.75 Å². The number of benzene rings is 1. The van der Waals surface area contributed by atoms with Gasteiger partial charge in [0.05, 0.1) is 5.97 Å². The van der Waals surface area contributed by atoms with Gasteiger partial charge >= 0.3 is 10.9 Å². The number of carboxylic acids is 1. The number of para-hydroxylation sites is 1. The number of hydrogen-bond donors (Lipinski definition) is 0. The molecular formula is C10H6BrF4O3-. The Hall–Kier alpha value is -1.31. The molecule has 1 aromatic carbocycles. The van der Waals surface area contributed by atoms with Crippen molar-refractivity contribution in [3.05, 3.63) is 29.3 Å². The van der Waals surface area contributed by atoms with Gasteiger partial charge in [-0.15, -0.1) is 0 Å². The topological polar surface area (TPSA) is 49.4 Å². The van der Waals surface area contributed by atoms with Crippen LogP contribution in [0.1, 0.15) is 15.9 Å². The number of alkyl halides is 5. The highest BCUT2D eigenvalue weighted by atomic mass is 79.9. The average molecular weight is 330 g/mol. The standard InChI is InChI=1S/C10H7BrF4O3/c1-5-3-2-4-6(8(16)17)7(5)18-9(11,12)10(13,14)15/h2-4H,1H3,(H,16,17)/p-1. The highest BCUT2D eigenvalue weighted by Gasteiger charge is 2.57. The van der Waals surface area contributed by atoms with Gasteiger partial charge in [-0.1, -0.05) is 12.1 Å². The first kappa shape index (κ1) is 14.7. The summed E-state index contributed by atoms with van der Waals surface area (Å²) < 4.78 is 50.0. The maximum absolute atomic E-state index is 13.3. The molecule has 0 bridgehead atoms. The fourth-order valence-electron chi connectivity index (χ4n) is 1.13. The first-order valence-electron chi connectivity index (χ1n) is 4.51. The van der Waals surface area contributed by atoms with Crippen molar-refractivity contribution in [3.63, 3.8) is 0 Å². The van der Waals surface area contributed by atoms with Crippen LogP contribution < -0.4 is 9.84 Å². The van der Waals surface area contributed by atoms with Gasteiger partial charge in [-0.2, -0.15) is 17.6 Å². The van der Waals surface area contributed by atoms with Crippen molar-refractivity contribution in [1.82, 2.24) is 0 Å². The number of rotatable bonds is 3. The minimum Gasteiger partial charge on any atom is -0.545 e. The first-order valence-corrected chi connectivity index (χ1v) is 5.30. The molecule has 0 N–H and O–H groups in total. The Bertz CT molecular complexity index is 471. The van der Waals surface area contributed by atoms with E-state index >= 15 is 0 Å². The molecule has 8 heteroatoms. The van der Waals surface area contributed by atoms with E-state index in [-0.39, 0.29) is 5.56 Å². The first-order chi connectivity index (χ1) is 8.06. The van der Waals surface area contributed by atoms with E-state index in [2.05, 4.69) is 4.74 Å². The van der Waals surface area contributed by atoms with Gasteiger partial charge in [-0.3, -0.25) is 0 Å². The van der Waals surface area contributed by atoms with Crippen molar-refractivity contribution in [2.75, 3.05) is 0 Å². The van der Waals surface area contributed by atoms with Gasteiger partial charge in [0, 0.05) is 21.5 Å². The molecule has 0 aliphatic rings. The van der Waals surface area contributed by atoms with E-state index < -0.39 is 28.2 Å². The molecule has 0 amide bonds. The summed E-state index contributed by atoms with van der Waals surface area (Å²) in [6.45, 7) is 1.28. The number of hydrogen-bond acceptors (Lipinski definition) is 3. The van der Waals surface area contributed by atoms with Crippen molar-refractivity contribution in [3.8, 4) is 5.75 Å². The molecule has 3 nitrogen and oxygen atoms in total. The molecular weight excluding hydrogens is 324 g/mol. The fourth-order valence-corrected chi connectivity index (χ4v) is 1.30. The Morgan fingerprint density at radius 1 is 1.33 bits per heavy atom. The van der Waals surface area contributed by atoms with Crippen molar-refractivity contribution < 1.29 is 32.2 Å². The Morgan fingerprint density at radius 3 is 2.33 bits per heavy atom. The van der Waals surface area contributed by atoms with E-state index in [1.165, 1.54) is 19.1 Å². The molecule has 1 atom stereocenters. The van der Waals surface area contributed by atoms with Crippen LogP contribution in [0.4, 0.5) is 17.6 Å². The number of aromatic carboxylic acids is 1. The van der Waals surface area contributed by atoms with Crippen molar-refractivity contribution in [2.45, 2.75) is 17.9 Å². The lowest BCUT2D eigenvalue weighted by Crippen LogP contribution is -2.41. The second-order valence-electron chi connectivity index (χ2n) is 3.36. The lowest BCUT2D eigenvalue weighted by atomic mass is 10.1. The van der Waals surface area contributed by atoms with E-state index in [4.69, 9.17) is 0 Å². The summed E-state index contributed by atoms with van der Waals surface area (Å²) >= 11 is 1.73. The van der Waals surface area contributed by atoms with Crippen molar-refractivity contribution in [2.24, 2.45) is 0 Å². The number of carboxylic acid groups (broad SMARTS) is 1. The van der Waals surface area contributed by atoms with E-state index in [1.807, 2.05) is 0 Å². The van der Waals surface area contributed by atoms with Crippen molar-refractivity contribution in [1.29, 1.82) is 0 Å². The highest BCUT2D eigenvalue weighted by Crippen LogP contribution is 2.42. The average Bonchev–Trinajstić information content (AvgIpc) is 2.18. The Kier molecular flexibility index (Phi) is 3.89. The van der Waals surface area contributed by atoms with Gasteiger partial charge in [0.2, 0.25) is 0 Å². The molecule has 0 radical (unpaired) electrons. The third-order valence-electron chi connectivity index (χ3n) is 1.99. The molecule has 0 spiro atoms. The number of carbonyl (C=O) groups is 1. The molecule has 0 heterocycles. The van der Waals surface area contributed by atoms with Gasteiger partial charge in [0.15, 0.2) is 0 Å². The normalized spacial score (nSPS) is 15.0. The largest absolute Gasteiger partial charge is 0.545 e. The van der Waals surface area contributed by atoms with Crippen LogP contribution in [0.15, 0.2) is 18.2 Å². The molecule has 0 aromatic heterocycles. The Morgan fingerprint density at radius 2 is 1.89 bits per heavy atom. The van der Waals surface area contributed by atoms with Gasteiger partial charge in [0.25, 0.3) is 0 Å². The van der Waals surface area contributed by atoms with Crippen LogP contribution in [-0.2, 0) is 0 Å². The molecule has 0 saturated carbocycles. The van der Waals surface area contributed by atoms with E-state index in [0.717, 1.165) is 6.07 Å². The van der Waals surface area contributed by atoms with Gasteiger partial charge < -0.3 is 14.6 Å². The second-order valence-corrected chi connectivity index (χ2v) is 4.38. The van der Waals surface area contributed by atoms with Crippen LogP contribution in [0.2, 0.25) is 0 Å². The summed E-state index contributed by atoms with van der Waals surface area (Å²) in [7, 11) is 0. The zero-order chi connectivity index (χ0) is 14.1. The lowest BCUT2D eigenvalue weighted by Gasteiger charge is -2.25. The fraction of sp³-hybridized carbons (Fsp3) is 0.300. The van der Waals surface area contributed by atoms with E-state index in [9.17, 15) is 27.5 Å². The molecule has 0 saturated heterocycles. The zero-order valence-corrected chi connectivity index (χ0v) is 10.4. The second kappa shape index (κ2) is 4.75. The zero-order valence-electron chi connectivity index (χ0n) is 8.85. The number of carbonyl (C=O) groups excluding carboxylic acids is 1. The monoisotopic (exact) mass is 329 g/mol. The molecule has 1 rings (SSSR count). The number of ether oxygens (including phenoxy) is 1. The maximum Gasteiger partial charge on any atom is 0.472 e. The van der Waals surface area contributed by atoms with E-state index in [1.54, 1.807) is 15.9 Å². The molecule has 100 valence electrons. The summed E-state index contributed by atoms with van der Waals surface area (Å²) in [5.41, 5.74) is -0.636. The third-order valence-corrected chi connectivity index (χ3v) is 2.60. The quantitative estimate of drug-likeness (QED) is 0.631. The third kappa shape index (κ3) is 2.92. The maximum atomic E-state index is 13.3. The minimum atomic E-state index is -5.36. The minimum absolute atomic E-state index is 0.0300. The van der Waals surface area contributed by atoms with Crippen molar-refractivity contribution >= 4 is 21.9 Å². The molecule has 0 aliphatic heterocycles. The smallest absolute Gasteiger partial charge is 0.472 e. The highest BCUT2D eigenvalue weighted by molar-refractivity contribution is 9.10. The van der Waals surface area contributed by atoms with Crippen LogP contribution in [0.25, 0.3) is 0 Å². The van der Waals surface area contributed by atoms with Crippen LogP contribution in [0.5, 0.6) is 5.75 Å².